The predicted molar refractivity (Wildman–Crippen MR) is 73.5 cm³/mol. The van der Waals surface area contributed by atoms with E-state index < -0.39 is 0 Å². The number of carbonyl (C=O) groups is 2. The van der Waals surface area contributed by atoms with Gasteiger partial charge in [0, 0.05) is 19.6 Å². The first-order chi connectivity index (χ1) is 10.2. The molecule has 0 spiro atoms. The van der Waals surface area contributed by atoms with E-state index >= 15 is 0 Å². The van der Waals surface area contributed by atoms with E-state index in [0.29, 0.717) is 24.7 Å². The molecule has 21 heavy (non-hydrogen) atoms. The summed E-state index contributed by atoms with van der Waals surface area (Å²) in [7, 11) is 0. The Morgan fingerprint density at radius 2 is 2.33 bits per heavy atom. The summed E-state index contributed by atoms with van der Waals surface area (Å²) in [6.07, 6.45) is 3.43. The number of amides is 2. The molecule has 1 unspecified atom stereocenters. The molecule has 114 valence electrons. The molecule has 3 rings (SSSR count). The van der Waals surface area contributed by atoms with Gasteiger partial charge < -0.3 is 4.74 Å². The molecule has 0 aromatic carbocycles. The molecule has 3 heterocycles. The number of thioether (sulfide) groups is 1. The van der Waals surface area contributed by atoms with Crippen molar-refractivity contribution in [3.05, 3.63) is 0 Å². The number of likely N-dealkylation sites (tertiary alicyclic amines) is 1. The van der Waals surface area contributed by atoms with Crippen molar-refractivity contribution in [3.63, 3.8) is 0 Å². The van der Waals surface area contributed by atoms with Crippen molar-refractivity contribution in [3.8, 4) is 0 Å². The molecule has 0 saturated carbocycles. The molecule has 1 aromatic rings. The maximum atomic E-state index is 12.0. The molecule has 0 radical (unpaired) electrons. The molecule has 2 fully saturated rings. The maximum Gasteiger partial charge on any atom is 0.239 e. The van der Waals surface area contributed by atoms with Gasteiger partial charge in [0.1, 0.15) is 0 Å². The number of rotatable bonds is 5. The average molecular weight is 311 g/mol. The van der Waals surface area contributed by atoms with Gasteiger partial charge in [-0.1, -0.05) is 11.8 Å². The Hall–Kier alpha value is -1.48. The van der Waals surface area contributed by atoms with Gasteiger partial charge in [0.15, 0.2) is 0 Å². The summed E-state index contributed by atoms with van der Waals surface area (Å²) in [5.41, 5.74) is 0. The van der Waals surface area contributed by atoms with Crippen molar-refractivity contribution in [1.82, 2.24) is 25.1 Å². The second-order valence-electron chi connectivity index (χ2n) is 5.11. The van der Waals surface area contributed by atoms with Crippen LogP contribution in [0.15, 0.2) is 5.16 Å². The lowest BCUT2D eigenvalue weighted by atomic mass is 10.2. The third-order valence-corrected chi connectivity index (χ3v) is 4.54. The Bertz CT molecular complexity index is 529. The zero-order valence-corrected chi connectivity index (χ0v) is 12.4. The van der Waals surface area contributed by atoms with Crippen molar-refractivity contribution in [2.45, 2.75) is 43.5 Å². The van der Waals surface area contributed by atoms with Crippen LogP contribution in [0.5, 0.6) is 0 Å². The van der Waals surface area contributed by atoms with Crippen molar-refractivity contribution >= 4 is 23.6 Å². The predicted octanol–water partition coefficient (Wildman–Crippen LogP) is 0.0932. The third-order valence-electron chi connectivity index (χ3n) is 3.60. The lowest BCUT2D eigenvalue weighted by Gasteiger charge is -2.13. The molecule has 9 heteroatoms. The number of nitrogens with zero attached hydrogens (tertiary/aromatic N) is 5. The van der Waals surface area contributed by atoms with Crippen LogP contribution >= 0.6 is 11.8 Å². The van der Waals surface area contributed by atoms with Crippen LogP contribution in [-0.4, -0.2) is 61.9 Å². The van der Waals surface area contributed by atoms with E-state index in [0.717, 1.165) is 25.9 Å². The third kappa shape index (κ3) is 3.41. The minimum absolute atomic E-state index is 0.0838. The standard InChI is InChI=1S/C12H17N5O3S/c18-10-4-1-5-16(10)11(19)8-21-12-13-14-15-17(12)7-9-3-2-6-20-9/h9H,1-8H2. The highest BCUT2D eigenvalue weighted by atomic mass is 32.2. The minimum atomic E-state index is -0.172. The Morgan fingerprint density at radius 1 is 1.43 bits per heavy atom. The highest BCUT2D eigenvalue weighted by Gasteiger charge is 2.27. The summed E-state index contributed by atoms with van der Waals surface area (Å²) < 4.78 is 7.22. The minimum Gasteiger partial charge on any atom is -0.376 e. The molecular formula is C12H17N5O3S. The lowest BCUT2D eigenvalue weighted by Crippen LogP contribution is -2.33. The van der Waals surface area contributed by atoms with Gasteiger partial charge in [0.2, 0.25) is 17.0 Å². The highest BCUT2D eigenvalue weighted by Crippen LogP contribution is 2.19. The van der Waals surface area contributed by atoms with E-state index in [-0.39, 0.29) is 23.7 Å². The molecule has 8 nitrogen and oxygen atoms in total. The van der Waals surface area contributed by atoms with Crippen LogP contribution in [0.2, 0.25) is 0 Å². The molecule has 2 aliphatic rings. The molecule has 1 aromatic heterocycles. The van der Waals surface area contributed by atoms with Crippen LogP contribution < -0.4 is 0 Å². The van der Waals surface area contributed by atoms with Gasteiger partial charge in [-0.05, 0) is 29.7 Å². The van der Waals surface area contributed by atoms with Crippen molar-refractivity contribution in [2.75, 3.05) is 18.9 Å². The lowest BCUT2D eigenvalue weighted by molar-refractivity contribution is -0.140. The van der Waals surface area contributed by atoms with E-state index in [1.165, 1.54) is 16.7 Å². The summed E-state index contributed by atoms with van der Waals surface area (Å²) in [6, 6.07) is 0. The Kier molecular flexibility index (Phi) is 4.49. The SMILES string of the molecule is O=C1CCCN1C(=O)CSc1nnnn1CC1CCCO1. The molecule has 0 bridgehead atoms. The number of hydrogen-bond acceptors (Lipinski definition) is 7. The molecule has 2 aliphatic heterocycles. The maximum absolute atomic E-state index is 12.0. The summed E-state index contributed by atoms with van der Waals surface area (Å²) in [5.74, 6) is -0.0776. The van der Waals surface area contributed by atoms with Crippen molar-refractivity contribution in [2.24, 2.45) is 0 Å². The highest BCUT2D eigenvalue weighted by molar-refractivity contribution is 7.99. The Balaban J connectivity index is 1.54. The molecular weight excluding hydrogens is 294 g/mol. The van der Waals surface area contributed by atoms with Crippen LogP contribution in [0.1, 0.15) is 25.7 Å². The van der Waals surface area contributed by atoms with Crippen LogP contribution in [0, 0.1) is 0 Å². The zero-order valence-electron chi connectivity index (χ0n) is 11.6. The zero-order chi connectivity index (χ0) is 14.7. The van der Waals surface area contributed by atoms with Gasteiger partial charge in [-0.2, -0.15) is 0 Å². The molecule has 0 N–H and O–H groups in total. The van der Waals surface area contributed by atoms with Gasteiger partial charge in [0.05, 0.1) is 18.4 Å². The number of aromatic nitrogens is 4. The first-order valence-corrected chi connectivity index (χ1v) is 8.06. The largest absolute Gasteiger partial charge is 0.376 e. The van der Waals surface area contributed by atoms with E-state index in [2.05, 4.69) is 15.5 Å². The van der Waals surface area contributed by atoms with E-state index in [4.69, 9.17) is 4.74 Å². The summed E-state index contributed by atoms with van der Waals surface area (Å²) >= 11 is 1.26. The first kappa shape index (κ1) is 14.5. The smallest absolute Gasteiger partial charge is 0.239 e. The monoisotopic (exact) mass is 311 g/mol. The molecule has 2 amide bonds. The topological polar surface area (TPSA) is 90.2 Å². The van der Waals surface area contributed by atoms with E-state index in [1.807, 2.05) is 0 Å². The van der Waals surface area contributed by atoms with Gasteiger partial charge in [-0.25, -0.2) is 4.68 Å². The van der Waals surface area contributed by atoms with Crippen molar-refractivity contribution < 1.29 is 14.3 Å². The van der Waals surface area contributed by atoms with Crippen LogP contribution in [0.25, 0.3) is 0 Å². The van der Waals surface area contributed by atoms with Crippen LogP contribution in [0.4, 0.5) is 0 Å². The number of hydrogen-bond donors (Lipinski definition) is 0. The summed E-state index contributed by atoms with van der Waals surface area (Å²) in [5, 5.41) is 12.1. The fourth-order valence-corrected chi connectivity index (χ4v) is 3.27. The van der Waals surface area contributed by atoms with Gasteiger partial charge >= 0.3 is 0 Å². The van der Waals surface area contributed by atoms with Crippen molar-refractivity contribution in [1.29, 1.82) is 0 Å². The van der Waals surface area contributed by atoms with Crippen LogP contribution in [0.3, 0.4) is 0 Å². The summed E-state index contributed by atoms with van der Waals surface area (Å²) in [6.45, 7) is 1.91. The van der Waals surface area contributed by atoms with E-state index in [1.54, 1.807) is 4.68 Å². The van der Waals surface area contributed by atoms with E-state index in [9.17, 15) is 9.59 Å². The first-order valence-electron chi connectivity index (χ1n) is 7.08. The van der Waals surface area contributed by atoms with Gasteiger partial charge in [-0.3, -0.25) is 14.5 Å². The number of imide groups is 1. The fourth-order valence-electron chi connectivity index (χ4n) is 2.51. The fraction of sp³-hybridized carbons (Fsp3) is 0.750. The number of ether oxygens (including phenoxy) is 1. The molecule has 2 saturated heterocycles. The van der Waals surface area contributed by atoms with Gasteiger partial charge in [-0.15, -0.1) is 5.10 Å². The summed E-state index contributed by atoms with van der Waals surface area (Å²) in [4.78, 5) is 24.8. The quantitative estimate of drug-likeness (QED) is 0.712. The Labute approximate surface area is 126 Å². The second kappa shape index (κ2) is 6.52. The molecule has 0 aliphatic carbocycles. The number of carbonyl (C=O) groups excluding carboxylic acids is 2. The second-order valence-corrected chi connectivity index (χ2v) is 6.05. The molecule has 1 atom stereocenters. The van der Waals surface area contributed by atoms with Crippen LogP contribution in [-0.2, 0) is 20.9 Å². The van der Waals surface area contributed by atoms with Gasteiger partial charge in [0.25, 0.3) is 0 Å². The number of tetrazole rings is 1. The normalized spacial score (nSPS) is 22.2. The Morgan fingerprint density at radius 3 is 3.05 bits per heavy atom. The average Bonchev–Trinajstić information content (AvgIpc) is 3.19.